The molecule has 100 valence electrons. The van der Waals surface area contributed by atoms with E-state index >= 15 is 0 Å². The number of Topliss-reactive ketones (excluding diaryl/α,β-unsaturated/α-hetero) is 1. The average molecular weight is 268 g/mol. The molecule has 0 amide bonds. The van der Waals surface area contributed by atoms with Gasteiger partial charge in [0.1, 0.15) is 5.69 Å². The molecule has 0 saturated heterocycles. The molecule has 1 atom stereocenters. The van der Waals surface area contributed by atoms with E-state index in [9.17, 15) is 14.9 Å². The van der Waals surface area contributed by atoms with Crippen LogP contribution in [0.2, 0.25) is 0 Å². The first-order chi connectivity index (χ1) is 9.56. The van der Waals surface area contributed by atoms with Crippen LogP contribution in [0.4, 0.5) is 5.69 Å². The number of para-hydroxylation sites is 1. The molecule has 0 bridgehead atoms. The smallest absolute Gasteiger partial charge is 0.201 e. The van der Waals surface area contributed by atoms with Crippen LogP contribution >= 0.6 is 0 Å². The van der Waals surface area contributed by atoms with Crippen LogP contribution in [0.25, 0.3) is 0 Å². The number of rotatable bonds is 2. The van der Waals surface area contributed by atoms with Crippen LogP contribution in [0.5, 0.6) is 0 Å². The molecule has 0 unspecified atom stereocenters. The number of benzene rings is 2. The fourth-order valence-electron chi connectivity index (χ4n) is 2.72. The van der Waals surface area contributed by atoms with Gasteiger partial charge in [-0.3, -0.25) is 4.79 Å². The molecular weight excluding hydrogens is 256 g/mol. The Balaban J connectivity index is 2.27. The summed E-state index contributed by atoms with van der Waals surface area (Å²) in [6, 6.07) is 15.5. The van der Waals surface area contributed by atoms with Crippen molar-refractivity contribution in [2.45, 2.75) is 12.5 Å². The van der Waals surface area contributed by atoms with E-state index in [4.69, 9.17) is 0 Å². The Bertz CT molecular complexity index is 699. The summed E-state index contributed by atoms with van der Waals surface area (Å²) in [5.74, 6) is -0.254. The monoisotopic (exact) mass is 268 g/mol. The highest BCUT2D eigenvalue weighted by Gasteiger charge is 2.55. The van der Waals surface area contributed by atoms with Crippen molar-refractivity contribution in [3.63, 3.8) is 0 Å². The first-order valence-corrected chi connectivity index (χ1v) is 6.20. The largest absolute Gasteiger partial charge is 0.291 e. The first kappa shape index (κ1) is 12.3. The maximum atomic E-state index is 12.7. The van der Waals surface area contributed by atoms with Crippen LogP contribution in [0.1, 0.15) is 22.8 Å². The van der Waals surface area contributed by atoms with Crippen LogP contribution in [-0.4, -0.2) is 10.8 Å². The highest BCUT2D eigenvalue weighted by molar-refractivity contribution is 6.13. The van der Waals surface area contributed by atoms with Gasteiger partial charge in [-0.25, -0.2) is 10.1 Å². The molecule has 0 spiro atoms. The molecule has 2 aromatic rings. The van der Waals surface area contributed by atoms with E-state index in [-0.39, 0.29) is 5.78 Å². The first-order valence-electron chi connectivity index (χ1n) is 6.20. The lowest BCUT2D eigenvalue weighted by Gasteiger charge is -2.27. The molecular formula is C15H12N2O3. The van der Waals surface area contributed by atoms with Crippen molar-refractivity contribution in [3.05, 3.63) is 75.8 Å². The van der Waals surface area contributed by atoms with E-state index in [1.54, 1.807) is 55.5 Å². The van der Waals surface area contributed by atoms with Crippen molar-refractivity contribution in [1.82, 2.24) is 0 Å². The van der Waals surface area contributed by atoms with Gasteiger partial charge in [0.2, 0.25) is 5.78 Å². The van der Waals surface area contributed by atoms with E-state index in [0.29, 0.717) is 16.8 Å². The molecule has 0 radical (unpaired) electrons. The molecule has 1 aliphatic rings. The minimum atomic E-state index is -1.31. The Labute approximate surface area is 115 Å². The molecule has 5 nitrogen and oxygen atoms in total. The summed E-state index contributed by atoms with van der Waals surface area (Å²) in [7, 11) is 0. The lowest BCUT2D eigenvalue weighted by molar-refractivity contribution is -0.504. The van der Waals surface area contributed by atoms with Gasteiger partial charge < -0.3 is 0 Å². The minimum absolute atomic E-state index is 0.254. The predicted octanol–water partition coefficient (Wildman–Crippen LogP) is 2.80. The normalized spacial score (nSPS) is 20.9. The third-order valence-corrected chi connectivity index (χ3v) is 3.74. The van der Waals surface area contributed by atoms with Gasteiger partial charge >= 0.3 is 0 Å². The maximum absolute atomic E-state index is 12.7. The molecule has 2 aromatic carbocycles. The number of fused-ring (bicyclic) bond motifs is 1. The second-order valence-corrected chi connectivity index (χ2v) is 4.83. The van der Waals surface area contributed by atoms with Crippen LogP contribution < -0.4 is 5.01 Å². The van der Waals surface area contributed by atoms with Crippen LogP contribution in [0.3, 0.4) is 0 Å². The number of hydrazine groups is 1. The van der Waals surface area contributed by atoms with E-state index in [2.05, 4.69) is 0 Å². The quantitative estimate of drug-likeness (QED) is 0.620. The SMILES string of the molecule is C[C@]1(c2ccccc2)C(=O)c2ccccc2N1[N+](=O)[O-]. The van der Waals surface area contributed by atoms with Gasteiger partial charge in [-0.05, 0) is 24.6 Å². The molecule has 1 aliphatic heterocycles. The topological polar surface area (TPSA) is 63.5 Å². The molecule has 3 rings (SSSR count). The molecule has 20 heavy (non-hydrogen) atoms. The molecule has 0 aromatic heterocycles. The summed E-state index contributed by atoms with van der Waals surface area (Å²) >= 11 is 0. The Morgan fingerprint density at radius 3 is 2.30 bits per heavy atom. The van der Waals surface area contributed by atoms with Gasteiger partial charge in [0.05, 0.1) is 5.56 Å². The summed E-state index contributed by atoms with van der Waals surface area (Å²) in [6.45, 7) is 1.59. The van der Waals surface area contributed by atoms with Gasteiger partial charge in [-0.1, -0.05) is 47.5 Å². The molecule has 5 heteroatoms. The zero-order valence-corrected chi connectivity index (χ0v) is 10.8. The van der Waals surface area contributed by atoms with Crippen LogP contribution in [0.15, 0.2) is 54.6 Å². The Kier molecular flexibility index (Phi) is 2.57. The minimum Gasteiger partial charge on any atom is -0.291 e. The number of hydrogen-bond acceptors (Lipinski definition) is 3. The number of anilines is 1. The zero-order valence-electron chi connectivity index (χ0n) is 10.8. The van der Waals surface area contributed by atoms with E-state index in [1.165, 1.54) is 0 Å². The summed E-state index contributed by atoms with van der Waals surface area (Å²) in [5.41, 5.74) is 0.0244. The Hall–Kier alpha value is -2.69. The predicted molar refractivity (Wildman–Crippen MR) is 74.0 cm³/mol. The number of nitro groups is 1. The fourth-order valence-corrected chi connectivity index (χ4v) is 2.72. The van der Waals surface area contributed by atoms with Crippen molar-refractivity contribution >= 4 is 11.5 Å². The summed E-state index contributed by atoms with van der Waals surface area (Å²) in [6.07, 6.45) is 0. The maximum Gasteiger partial charge on any atom is 0.201 e. The lowest BCUT2D eigenvalue weighted by atomic mass is 9.87. The molecule has 0 fully saturated rings. The van der Waals surface area contributed by atoms with E-state index in [1.807, 2.05) is 6.07 Å². The van der Waals surface area contributed by atoms with E-state index in [0.717, 1.165) is 5.01 Å². The molecule has 0 aliphatic carbocycles. The number of carbonyl (C=O) groups excluding carboxylic acids is 1. The van der Waals surface area contributed by atoms with Gasteiger partial charge in [-0.2, -0.15) is 0 Å². The highest BCUT2D eigenvalue weighted by Crippen LogP contribution is 2.44. The van der Waals surface area contributed by atoms with Gasteiger partial charge in [0.25, 0.3) is 0 Å². The number of nitrogens with zero attached hydrogens (tertiary/aromatic N) is 2. The van der Waals surface area contributed by atoms with Crippen molar-refractivity contribution in [3.8, 4) is 0 Å². The summed E-state index contributed by atoms with van der Waals surface area (Å²) in [4.78, 5) is 24.2. The van der Waals surface area contributed by atoms with E-state index < -0.39 is 10.6 Å². The standard InChI is InChI=1S/C15H12N2O3/c1-15(11-7-3-2-4-8-11)14(18)12-9-5-6-10-13(12)16(15)17(19)20/h2-10H,1H3/t15-/m0/s1. The lowest BCUT2D eigenvalue weighted by Crippen LogP contribution is -2.48. The van der Waals surface area contributed by atoms with Crippen molar-refractivity contribution in [2.24, 2.45) is 0 Å². The Morgan fingerprint density at radius 1 is 1.05 bits per heavy atom. The average Bonchev–Trinajstić information content (AvgIpc) is 2.70. The summed E-state index contributed by atoms with van der Waals surface area (Å²) < 4.78 is 0. The Morgan fingerprint density at radius 2 is 1.65 bits per heavy atom. The number of hydrogen-bond donors (Lipinski definition) is 0. The third-order valence-electron chi connectivity index (χ3n) is 3.74. The zero-order chi connectivity index (χ0) is 14.3. The molecule has 0 N–H and O–H groups in total. The fraction of sp³-hybridized carbons (Fsp3) is 0.133. The second kappa shape index (κ2) is 4.16. The molecule has 0 saturated carbocycles. The number of carbonyl (C=O) groups is 1. The second-order valence-electron chi connectivity index (χ2n) is 4.83. The summed E-state index contributed by atoms with van der Waals surface area (Å²) in [5, 5.41) is 11.9. The van der Waals surface area contributed by atoms with Crippen LogP contribution in [0, 0.1) is 10.1 Å². The molecule has 1 heterocycles. The highest BCUT2D eigenvalue weighted by atomic mass is 16.7. The van der Waals surface area contributed by atoms with Crippen molar-refractivity contribution in [1.29, 1.82) is 0 Å². The third kappa shape index (κ3) is 1.46. The van der Waals surface area contributed by atoms with Gasteiger partial charge in [0.15, 0.2) is 10.6 Å². The van der Waals surface area contributed by atoms with Gasteiger partial charge in [-0.15, -0.1) is 0 Å². The van der Waals surface area contributed by atoms with Crippen molar-refractivity contribution < 1.29 is 9.83 Å². The van der Waals surface area contributed by atoms with Gasteiger partial charge in [0, 0.05) is 0 Å². The van der Waals surface area contributed by atoms with Crippen LogP contribution in [-0.2, 0) is 5.54 Å². The van der Waals surface area contributed by atoms with Crippen molar-refractivity contribution in [2.75, 3.05) is 5.01 Å². The number of ketones is 1.